The Bertz CT molecular complexity index is 380. The van der Waals surface area contributed by atoms with Gasteiger partial charge in [0, 0.05) is 12.1 Å². The van der Waals surface area contributed by atoms with Crippen LogP contribution in [0.3, 0.4) is 0 Å². The molecule has 0 aliphatic rings. The number of hydrogen-bond acceptors (Lipinski definition) is 3. The predicted octanol–water partition coefficient (Wildman–Crippen LogP) is 3.74. The molecule has 0 saturated heterocycles. The van der Waals surface area contributed by atoms with Crippen molar-refractivity contribution in [3.8, 4) is 6.07 Å². The molecular weight excluding hydrogens is 240 g/mol. The lowest BCUT2D eigenvalue weighted by Crippen LogP contribution is -2.29. The third-order valence-corrected chi connectivity index (χ3v) is 3.91. The van der Waals surface area contributed by atoms with Gasteiger partial charge in [-0.1, -0.05) is 19.1 Å². The molecule has 2 atom stereocenters. The molecule has 0 saturated carbocycles. The number of rotatable bonds is 7. The van der Waals surface area contributed by atoms with Gasteiger partial charge in [-0.3, -0.25) is 0 Å². The van der Waals surface area contributed by atoms with Gasteiger partial charge in [0.2, 0.25) is 0 Å². The maximum Gasteiger partial charge on any atom is 0.0991 e. The number of thioether (sulfide) groups is 1. The van der Waals surface area contributed by atoms with E-state index in [4.69, 9.17) is 5.26 Å². The highest BCUT2D eigenvalue weighted by molar-refractivity contribution is 7.99. The Morgan fingerprint density at radius 3 is 2.50 bits per heavy atom. The number of benzene rings is 1. The molecule has 0 aliphatic heterocycles. The molecule has 1 rings (SSSR count). The average Bonchev–Trinajstić information content (AvgIpc) is 2.39. The lowest BCUT2D eigenvalue weighted by molar-refractivity contribution is 0.471. The van der Waals surface area contributed by atoms with E-state index in [1.165, 1.54) is 23.5 Å². The smallest absolute Gasteiger partial charge is 0.0991 e. The Labute approximate surface area is 115 Å². The molecule has 2 unspecified atom stereocenters. The fraction of sp³-hybridized carbons (Fsp3) is 0.533. The van der Waals surface area contributed by atoms with Crippen LogP contribution in [-0.2, 0) is 0 Å². The zero-order valence-corrected chi connectivity index (χ0v) is 12.3. The molecule has 2 nitrogen and oxygen atoms in total. The Morgan fingerprint density at radius 1 is 1.28 bits per heavy atom. The summed E-state index contributed by atoms with van der Waals surface area (Å²) in [4.78, 5) is 0. The van der Waals surface area contributed by atoms with Gasteiger partial charge in [0.05, 0.1) is 11.6 Å². The maximum absolute atomic E-state index is 8.77. The summed E-state index contributed by atoms with van der Waals surface area (Å²) in [5.41, 5.74) is 1.96. The summed E-state index contributed by atoms with van der Waals surface area (Å²) in [7, 11) is 0. The molecule has 0 spiro atoms. The summed E-state index contributed by atoms with van der Waals surface area (Å²) >= 11 is 1.99. The van der Waals surface area contributed by atoms with Gasteiger partial charge < -0.3 is 5.32 Å². The molecule has 0 aliphatic carbocycles. The molecule has 0 amide bonds. The molecule has 1 aromatic carbocycles. The quantitative estimate of drug-likeness (QED) is 0.760. The fourth-order valence-corrected chi connectivity index (χ4v) is 2.67. The van der Waals surface area contributed by atoms with Crippen LogP contribution >= 0.6 is 11.8 Å². The van der Waals surface area contributed by atoms with Crippen LogP contribution in [0.4, 0.5) is 0 Å². The molecule has 0 heterocycles. The van der Waals surface area contributed by atoms with E-state index < -0.39 is 0 Å². The average molecular weight is 262 g/mol. The molecule has 1 N–H and O–H groups in total. The van der Waals surface area contributed by atoms with Gasteiger partial charge in [0.25, 0.3) is 0 Å². The minimum Gasteiger partial charge on any atom is -0.308 e. The summed E-state index contributed by atoms with van der Waals surface area (Å²) in [6.07, 6.45) is 1.19. The molecule has 1 aromatic rings. The van der Waals surface area contributed by atoms with Gasteiger partial charge >= 0.3 is 0 Å². The van der Waals surface area contributed by atoms with Gasteiger partial charge in [0.15, 0.2) is 0 Å². The summed E-state index contributed by atoms with van der Waals surface area (Å²) < 4.78 is 0. The molecule has 0 fully saturated rings. The van der Waals surface area contributed by atoms with Crippen LogP contribution in [0, 0.1) is 11.3 Å². The molecule has 18 heavy (non-hydrogen) atoms. The van der Waals surface area contributed by atoms with E-state index in [9.17, 15) is 0 Å². The van der Waals surface area contributed by atoms with Crippen molar-refractivity contribution in [2.45, 2.75) is 39.3 Å². The van der Waals surface area contributed by atoms with Crippen LogP contribution in [0.15, 0.2) is 24.3 Å². The molecule has 0 bridgehead atoms. The monoisotopic (exact) mass is 262 g/mol. The summed E-state index contributed by atoms with van der Waals surface area (Å²) in [5, 5.41) is 12.4. The van der Waals surface area contributed by atoms with Crippen molar-refractivity contribution >= 4 is 11.8 Å². The highest BCUT2D eigenvalue weighted by Crippen LogP contribution is 2.15. The third kappa shape index (κ3) is 5.12. The first-order valence-corrected chi connectivity index (χ1v) is 7.66. The summed E-state index contributed by atoms with van der Waals surface area (Å²) in [6.45, 7) is 6.60. The predicted molar refractivity (Wildman–Crippen MR) is 79.8 cm³/mol. The first-order chi connectivity index (χ1) is 8.67. The Kier molecular flexibility index (Phi) is 6.85. The second-order valence-electron chi connectivity index (χ2n) is 4.51. The molecule has 98 valence electrons. The lowest BCUT2D eigenvalue weighted by Gasteiger charge is -2.20. The minimum absolute atomic E-state index is 0.333. The van der Waals surface area contributed by atoms with E-state index in [0.717, 1.165) is 5.56 Å². The third-order valence-electron chi connectivity index (χ3n) is 2.97. The molecule has 3 heteroatoms. The standard InChI is InChI=1S/C15H22N2S/c1-4-18-10-9-12(2)17-13(3)15-7-5-14(11-16)6-8-15/h5-8,12-13,17H,4,9-10H2,1-3H3. The zero-order valence-electron chi connectivity index (χ0n) is 11.4. The van der Waals surface area contributed by atoms with Gasteiger partial charge in [-0.25, -0.2) is 0 Å². The normalized spacial score (nSPS) is 13.9. The van der Waals surface area contributed by atoms with Crippen molar-refractivity contribution in [2.75, 3.05) is 11.5 Å². The van der Waals surface area contributed by atoms with Gasteiger partial charge in [0.1, 0.15) is 0 Å². The molecule has 0 radical (unpaired) electrons. The van der Waals surface area contributed by atoms with Crippen molar-refractivity contribution in [1.29, 1.82) is 5.26 Å². The van der Waals surface area contributed by atoms with Gasteiger partial charge in [-0.05, 0) is 49.5 Å². The Hall–Kier alpha value is -0.980. The number of hydrogen-bond donors (Lipinski definition) is 1. The van der Waals surface area contributed by atoms with Crippen LogP contribution in [0.25, 0.3) is 0 Å². The number of nitriles is 1. The maximum atomic E-state index is 8.77. The SMILES string of the molecule is CCSCCC(C)NC(C)c1ccc(C#N)cc1. The van der Waals surface area contributed by atoms with E-state index in [-0.39, 0.29) is 0 Å². The highest BCUT2D eigenvalue weighted by atomic mass is 32.2. The first-order valence-electron chi connectivity index (χ1n) is 6.51. The minimum atomic E-state index is 0.333. The van der Waals surface area contributed by atoms with Crippen LogP contribution in [0.2, 0.25) is 0 Å². The summed E-state index contributed by atoms with van der Waals surface area (Å²) in [6, 6.07) is 10.8. The lowest BCUT2D eigenvalue weighted by atomic mass is 10.1. The van der Waals surface area contributed by atoms with Crippen LogP contribution < -0.4 is 5.32 Å². The Balaban J connectivity index is 2.43. The van der Waals surface area contributed by atoms with E-state index >= 15 is 0 Å². The van der Waals surface area contributed by atoms with E-state index in [0.29, 0.717) is 12.1 Å². The largest absolute Gasteiger partial charge is 0.308 e. The van der Waals surface area contributed by atoms with Crippen LogP contribution in [0.5, 0.6) is 0 Å². The second kappa shape index (κ2) is 8.18. The topological polar surface area (TPSA) is 35.8 Å². The van der Waals surface area contributed by atoms with Crippen molar-refractivity contribution in [2.24, 2.45) is 0 Å². The van der Waals surface area contributed by atoms with Crippen LogP contribution in [-0.4, -0.2) is 17.5 Å². The second-order valence-corrected chi connectivity index (χ2v) is 5.90. The van der Waals surface area contributed by atoms with Gasteiger partial charge in [-0.2, -0.15) is 17.0 Å². The molecule has 0 aromatic heterocycles. The highest BCUT2D eigenvalue weighted by Gasteiger charge is 2.09. The number of nitrogens with one attached hydrogen (secondary N) is 1. The zero-order chi connectivity index (χ0) is 13.4. The van der Waals surface area contributed by atoms with Crippen LogP contribution in [0.1, 0.15) is 44.4 Å². The van der Waals surface area contributed by atoms with E-state index in [1.807, 2.05) is 36.0 Å². The van der Waals surface area contributed by atoms with E-state index in [2.05, 4.69) is 32.2 Å². The summed E-state index contributed by atoms with van der Waals surface area (Å²) in [5.74, 6) is 2.41. The van der Waals surface area contributed by atoms with Crippen molar-refractivity contribution < 1.29 is 0 Å². The van der Waals surface area contributed by atoms with Gasteiger partial charge in [-0.15, -0.1) is 0 Å². The van der Waals surface area contributed by atoms with Crippen molar-refractivity contribution in [3.63, 3.8) is 0 Å². The van der Waals surface area contributed by atoms with Crippen molar-refractivity contribution in [1.82, 2.24) is 5.32 Å². The molecular formula is C15H22N2S. The Morgan fingerprint density at radius 2 is 1.94 bits per heavy atom. The van der Waals surface area contributed by atoms with Crippen molar-refractivity contribution in [3.05, 3.63) is 35.4 Å². The number of nitrogens with zero attached hydrogens (tertiary/aromatic N) is 1. The first kappa shape index (κ1) is 15.1. The van der Waals surface area contributed by atoms with E-state index in [1.54, 1.807) is 0 Å². The fourth-order valence-electron chi connectivity index (χ4n) is 1.86.